The van der Waals surface area contributed by atoms with Crippen LogP contribution in [0, 0.1) is 0 Å². The smallest absolute Gasteiger partial charge is 0.226 e. The van der Waals surface area contributed by atoms with Gasteiger partial charge in [0.05, 0.1) is 12.5 Å². The van der Waals surface area contributed by atoms with Crippen molar-refractivity contribution < 1.29 is 14.6 Å². The van der Waals surface area contributed by atoms with E-state index in [0.717, 1.165) is 31.5 Å². The van der Waals surface area contributed by atoms with Gasteiger partial charge in [-0.2, -0.15) is 0 Å². The predicted molar refractivity (Wildman–Crippen MR) is 82.4 cm³/mol. The average molecular weight is 312 g/mol. The van der Waals surface area contributed by atoms with Crippen LogP contribution in [0.5, 0.6) is 0 Å². The van der Waals surface area contributed by atoms with Gasteiger partial charge in [0.15, 0.2) is 0 Å². The summed E-state index contributed by atoms with van der Waals surface area (Å²) in [4.78, 5) is 14.1. The van der Waals surface area contributed by atoms with E-state index in [2.05, 4.69) is 0 Å². The summed E-state index contributed by atoms with van der Waals surface area (Å²) in [7, 11) is 0. The largest absolute Gasteiger partial charge is 0.396 e. The Morgan fingerprint density at radius 2 is 1.95 bits per heavy atom. The molecule has 0 unspecified atom stereocenters. The summed E-state index contributed by atoms with van der Waals surface area (Å²) in [5, 5.41) is 9.41. The second-order valence-electron chi connectivity index (χ2n) is 5.33. The number of piperidine rings is 1. The van der Waals surface area contributed by atoms with Crippen LogP contribution in [0.15, 0.2) is 24.3 Å². The zero-order valence-electron chi connectivity index (χ0n) is 12.1. The van der Waals surface area contributed by atoms with E-state index in [1.807, 2.05) is 29.2 Å². The number of amides is 1. The van der Waals surface area contributed by atoms with Crippen LogP contribution in [0.1, 0.15) is 24.8 Å². The molecule has 1 N–H and O–H groups in total. The lowest BCUT2D eigenvalue weighted by atomic mass is 10.1. The van der Waals surface area contributed by atoms with Crippen molar-refractivity contribution in [2.45, 2.75) is 31.8 Å². The van der Waals surface area contributed by atoms with E-state index in [-0.39, 0.29) is 18.6 Å². The standard InChI is InChI=1S/C16H22ClNO3/c17-14-4-2-13(3-5-14)12-16(20)18-8-6-15(7-9-18)21-11-1-10-19/h2-5,15,19H,1,6-12H2. The van der Waals surface area contributed by atoms with Crippen LogP contribution < -0.4 is 0 Å². The summed E-state index contributed by atoms with van der Waals surface area (Å²) in [6.45, 7) is 2.25. The summed E-state index contributed by atoms with van der Waals surface area (Å²) in [6.07, 6.45) is 3.06. The maximum absolute atomic E-state index is 12.2. The number of nitrogens with zero attached hydrogens (tertiary/aromatic N) is 1. The maximum Gasteiger partial charge on any atom is 0.226 e. The minimum Gasteiger partial charge on any atom is -0.396 e. The van der Waals surface area contributed by atoms with Crippen molar-refractivity contribution in [3.63, 3.8) is 0 Å². The highest BCUT2D eigenvalue weighted by Gasteiger charge is 2.23. The number of halogens is 1. The molecule has 0 aromatic heterocycles. The number of carbonyl (C=O) groups is 1. The van der Waals surface area contributed by atoms with E-state index in [1.165, 1.54) is 0 Å². The fourth-order valence-corrected chi connectivity index (χ4v) is 2.60. The first-order chi connectivity index (χ1) is 10.2. The fourth-order valence-electron chi connectivity index (χ4n) is 2.48. The Balaban J connectivity index is 1.74. The van der Waals surface area contributed by atoms with E-state index in [0.29, 0.717) is 24.5 Å². The lowest BCUT2D eigenvalue weighted by Crippen LogP contribution is -2.41. The second kappa shape index (κ2) is 8.37. The molecular weight excluding hydrogens is 290 g/mol. The molecule has 1 heterocycles. The molecule has 1 aromatic carbocycles. The molecule has 4 nitrogen and oxygen atoms in total. The number of benzene rings is 1. The second-order valence-corrected chi connectivity index (χ2v) is 5.77. The van der Waals surface area contributed by atoms with Gasteiger partial charge >= 0.3 is 0 Å². The molecule has 0 spiro atoms. The SMILES string of the molecule is O=C(Cc1ccc(Cl)cc1)N1CCC(OCCCO)CC1. The molecule has 116 valence electrons. The Morgan fingerprint density at radius 1 is 1.29 bits per heavy atom. The number of likely N-dealkylation sites (tertiary alicyclic amines) is 1. The van der Waals surface area contributed by atoms with Gasteiger partial charge in [0.2, 0.25) is 5.91 Å². The molecule has 0 radical (unpaired) electrons. The summed E-state index contributed by atoms with van der Waals surface area (Å²) < 4.78 is 5.67. The van der Waals surface area contributed by atoms with E-state index >= 15 is 0 Å². The van der Waals surface area contributed by atoms with Gasteiger partial charge in [0.1, 0.15) is 0 Å². The van der Waals surface area contributed by atoms with Crippen LogP contribution in [-0.4, -0.2) is 48.3 Å². The molecule has 1 aliphatic heterocycles. The van der Waals surface area contributed by atoms with Crippen LogP contribution in [0.4, 0.5) is 0 Å². The van der Waals surface area contributed by atoms with Crippen molar-refractivity contribution in [2.24, 2.45) is 0 Å². The molecule has 1 fully saturated rings. The molecule has 1 saturated heterocycles. The first-order valence-electron chi connectivity index (χ1n) is 7.43. The first-order valence-corrected chi connectivity index (χ1v) is 7.81. The Kier molecular flexibility index (Phi) is 6.49. The number of ether oxygens (including phenoxy) is 1. The number of hydrogen-bond donors (Lipinski definition) is 1. The number of hydrogen-bond acceptors (Lipinski definition) is 3. The fraction of sp³-hybridized carbons (Fsp3) is 0.562. The van der Waals surface area contributed by atoms with E-state index in [9.17, 15) is 4.79 Å². The van der Waals surface area contributed by atoms with Crippen molar-refractivity contribution in [1.29, 1.82) is 0 Å². The van der Waals surface area contributed by atoms with Crippen molar-refractivity contribution >= 4 is 17.5 Å². The van der Waals surface area contributed by atoms with Crippen LogP contribution in [0.25, 0.3) is 0 Å². The Bertz CT molecular complexity index is 441. The lowest BCUT2D eigenvalue weighted by Gasteiger charge is -2.32. The number of carbonyl (C=O) groups excluding carboxylic acids is 1. The van der Waals surface area contributed by atoms with Crippen molar-refractivity contribution in [3.05, 3.63) is 34.9 Å². The Labute approximate surface area is 130 Å². The zero-order chi connectivity index (χ0) is 15.1. The molecule has 1 aromatic rings. The van der Waals surface area contributed by atoms with Crippen LogP contribution in [-0.2, 0) is 16.0 Å². The van der Waals surface area contributed by atoms with Gasteiger partial charge in [-0.05, 0) is 37.0 Å². The van der Waals surface area contributed by atoms with E-state index in [1.54, 1.807) is 0 Å². The molecule has 0 atom stereocenters. The molecule has 0 bridgehead atoms. The molecular formula is C16H22ClNO3. The third-order valence-corrected chi connectivity index (χ3v) is 3.97. The van der Waals surface area contributed by atoms with Gasteiger partial charge in [-0.3, -0.25) is 4.79 Å². The van der Waals surface area contributed by atoms with Crippen LogP contribution in [0.3, 0.4) is 0 Å². The minimum atomic E-state index is 0.158. The third-order valence-electron chi connectivity index (χ3n) is 3.72. The highest BCUT2D eigenvalue weighted by Crippen LogP contribution is 2.16. The molecule has 0 aliphatic carbocycles. The van der Waals surface area contributed by atoms with Gasteiger partial charge in [0.25, 0.3) is 0 Å². The number of aliphatic hydroxyl groups excluding tert-OH is 1. The van der Waals surface area contributed by atoms with E-state index in [4.69, 9.17) is 21.4 Å². The molecule has 1 aliphatic rings. The topological polar surface area (TPSA) is 49.8 Å². The van der Waals surface area contributed by atoms with Crippen molar-refractivity contribution in [1.82, 2.24) is 4.90 Å². The highest BCUT2D eigenvalue weighted by molar-refractivity contribution is 6.30. The average Bonchev–Trinajstić information content (AvgIpc) is 2.50. The summed E-state index contributed by atoms with van der Waals surface area (Å²) >= 11 is 5.84. The van der Waals surface area contributed by atoms with Gasteiger partial charge in [0, 0.05) is 31.3 Å². The summed E-state index contributed by atoms with van der Waals surface area (Å²) in [6, 6.07) is 7.41. The zero-order valence-corrected chi connectivity index (χ0v) is 12.9. The van der Waals surface area contributed by atoms with Crippen molar-refractivity contribution in [3.8, 4) is 0 Å². The predicted octanol–water partition coefficient (Wildman–Crippen LogP) is 2.27. The lowest BCUT2D eigenvalue weighted by molar-refractivity contribution is -0.133. The summed E-state index contributed by atoms with van der Waals surface area (Å²) in [5.41, 5.74) is 0.991. The quantitative estimate of drug-likeness (QED) is 0.820. The molecule has 2 rings (SSSR count). The van der Waals surface area contributed by atoms with Gasteiger partial charge in [-0.1, -0.05) is 23.7 Å². The maximum atomic E-state index is 12.2. The van der Waals surface area contributed by atoms with Crippen LogP contribution in [0.2, 0.25) is 5.02 Å². The van der Waals surface area contributed by atoms with Gasteiger partial charge in [-0.25, -0.2) is 0 Å². The highest BCUT2D eigenvalue weighted by atomic mass is 35.5. The molecule has 21 heavy (non-hydrogen) atoms. The van der Waals surface area contributed by atoms with Crippen LogP contribution >= 0.6 is 11.6 Å². The Hall–Kier alpha value is -1.10. The molecule has 5 heteroatoms. The van der Waals surface area contributed by atoms with E-state index < -0.39 is 0 Å². The monoisotopic (exact) mass is 311 g/mol. The van der Waals surface area contributed by atoms with Gasteiger partial charge < -0.3 is 14.7 Å². The third kappa shape index (κ3) is 5.30. The molecule has 0 saturated carbocycles. The summed E-state index contributed by atoms with van der Waals surface area (Å²) in [5.74, 6) is 0.158. The molecule has 1 amide bonds. The van der Waals surface area contributed by atoms with Gasteiger partial charge in [-0.15, -0.1) is 0 Å². The number of rotatable bonds is 6. The minimum absolute atomic E-state index is 0.158. The first kappa shape index (κ1) is 16.3. The normalized spacial score (nSPS) is 16.2. The Morgan fingerprint density at radius 3 is 2.57 bits per heavy atom. The number of aliphatic hydroxyl groups is 1. The van der Waals surface area contributed by atoms with Crippen molar-refractivity contribution in [2.75, 3.05) is 26.3 Å².